The molecule has 0 amide bonds. The summed E-state index contributed by atoms with van der Waals surface area (Å²) in [6, 6.07) is 6.25. The van der Waals surface area contributed by atoms with E-state index in [0.29, 0.717) is 6.61 Å². The van der Waals surface area contributed by atoms with Crippen molar-refractivity contribution < 1.29 is 4.74 Å². The number of para-hydroxylation sites is 1. The highest BCUT2D eigenvalue weighted by molar-refractivity contribution is 7.18. The van der Waals surface area contributed by atoms with Crippen LogP contribution in [-0.2, 0) is 10.3 Å². The third kappa shape index (κ3) is 1.45. The number of thiazole rings is 1. The zero-order valence-electron chi connectivity index (χ0n) is 9.19. The van der Waals surface area contributed by atoms with Crippen LogP contribution in [0.4, 0.5) is 0 Å². The third-order valence-electron chi connectivity index (χ3n) is 3.10. The monoisotopic (exact) mass is 234 g/mol. The third-order valence-corrected chi connectivity index (χ3v) is 4.34. The van der Waals surface area contributed by atoms with Crippen molar-refractivity contribution in [2.24, 2.45) is 5.73 Å². The first-order valence-corrected chi connectivity index (χ1v) is 6.24. The van der Waals surface area contributed by atoms with Crippen molar-refractivity contribution >= 4 is 21.6 Å². The maximum Gasteiger partial charge on any atom is 0.116 e. The molecule has 0 saturated carbocycles. The Balaban J connectivity index is 2.15. The maximum atomic E-state index is 6.32. The lowest BCUT2D eigenvalue weighted by molar-refractivity contribution is 0.178. The Kier molecular flexibility index (Phi) is 2.24. The van der Waals surface area contributed by atoms with Gasteiger partial charge in [-0.1, -0.05) is 12.1 Å². The standard InChI is InChI=1S/C12H14N2OS/c1-8-3-2-4-9-10(8)14-11(16-9)12(13)5-6-15-7-12/h2-4H,5-7,13H2,1H3. The van der Waals surface area contributed by atoms with Gasteiger partial charge in [0, 0.05) is 6.61 Å². The molecule has 3 rings (SSSR count). The lowest BCUT2D eigenvalue weighted by Gasteiger charge is -2.17. The molecule has 3 nitrogen and oxygen atoms in total. The molecule has 0 spiro atoms. The molecule has 1 fully saturated rings. The molecule has 2 N–H and O–H groups in total. The average Bonchev–Trinajstić information content (AvgIpc) is 2.85. The Hall–Kier alpha value is -0.970. The van der Waals surface area contributed by atoms with E-state index >= 15 is 0 Å². The lowest BCUT2D eigenvalue weighted by atomic mass is 10.0. The largest absolute Gasteiger partial charge is 0.379 e. The van der Waals surface area contributed by atoms with E-state index in [9.17, 15) is 0 Å². The number of rotatable bonds is 1. The van der Waals surface area contributed by atoms with Crippen molar-refractivity contribution in [3.63, 3.8) is 0 Å². The minimum atomic E-state index is -0.365. The predicted molar refractivity (Wildman–Crippen MR) is 65.7 cm³/mol. The van der Waals surface area contributed by atoms with Gasteiger partial charge in [0.1, 0.15) is 5.01 Å². The van der Waals surface area contributed by atoms with Crippen LogP contribution in [0, 0.1) is 6.92 Å². The summed E-state index contributed by atoms with van der Waals surface area (Å²) in [4.78, 5) is 4.68. The van der Waals surface area contributed by atoms with Crippen LogP contribution in [0.2, 0.25) is 0 Å². The summed E-state index contributed by atoms with van der Waals surface area (Å²) in [5, 5.41) is 1.01. The van der Waals surface area contributed by atoms with Crippen molar-refractivity contribution in [3.8, 4) is 0 Å². The first-order valence-electron chi connectivity index (χ1n) is 5.42. The fourth-order valence-corrected chi connectivity index (χ4v) is 3.21. The molecule has 84 valence electrons. The van der Waals surface area contributed by atoms with Crippen molar-refractivity contribution in [1.82, 2.24) is 4.98 Å². The van der Waals surface area contributed by atoms with Gasteiger partial charge in [0.2, 0.25) is 0 Å². The van der Waals surface area contributed by atoms with Crippen molar-refractivity contribution in [2.45, 2.75) is 18.9 Å². The van der Waals surface area contributed by atoms with Gasteiger partial charge in [-0.05, 0) is 25.0 Å². The highest BCUT2D eigenvalue weighted by atomic mass is 32.1. The number of benzene rings is 1. The molecule has 2 aromatic rings. The summed E-state index contributed by atoms with van der Waals surface area (Å²) in [5.74, 6) is 0. The Morgan fingerprint density at radius 1 is 1.50 bits per heavy atom. The van der Waals surface area contributed by atoms with Crippen LogP contribution in [-0.4, -0.2) is 18.2 Å². The number of aromatic nitrogens is 1. The average molecular weight is 234 g/mol. The maximum absolute atomic E-state index is 6.32. The zero-order chi connectivity index (χ0) is 11.2. The van der Waals surface area contributed by atoms with Crippen LogP contribution in [0.15, 0.2) is 18.2 Å². The van der Waals surface area contributed by atoms with Gasteiger partial charge < -0.3 is 10.5 Å². The summed E-state index contributed by atoms with van der Waals surface area (Å²) in [6.45, 7) is 3.41. The fourth-order valence-electron chi connectivity index (χ4n) is 2.05. The van der Waals surface area contributed by atoms with Crippen molar-refractivity contribution in [2.75, 3.05) is 13.2 Å². The van der Waals surface area contributed by atoms with Crippen LogP contribution in [0.25, 0.3) is 10.2 Å². The number of hydrogen-bond acceptors (Lipinski definition) is 4. The van der Waals surface area contributed by atoms with Gasteiger partial charge in [-0.2, -0.15) is 0 Å². The summed E-state index contributed by atoms with van der Waals surface area (Å²) in [5.41, 5.74) is 8.25. The Bertz CT molecular complexity index is 529. The summed E-state index contributed by atoms with van der Waals surface area (Å²) in [6.07, 6.45) is 0.867. The number of ether oxygens (including phenoxy) is 1. The Morgan fingerprint density at radius 3 is 3.06 bits per heavy atom. The van der Waals surface area contributed by atoms with Crippen LogP contribution in [0.5, 0.6) is 0 Å². The summed E-state index contributed by atoms with van der Waals surface area (Å²) in [7, 11) is 0. The second kappa shape index (κ2) is 3.52. The van der Waals surface area contributed by atoms with E-state index in [-0.39, 0.29) is 5.54 Å². The van der Waals surface area contributed by atoms with E-state index in [1.807, 2.05) is 0 Å². The SMILES string of the molecule is Cc1cccc2sc(C3(N)CCOC3)nc12. The van der Waals surface area contributed by atoms with Crippen LogP contribution < -0.4 is 5.73 Å². The van der Waals surface area contributed by atoms with Gasteiger partial charge in [-0.15, -0.1) is 11.3 Å². The highest BCUT2D eigenvalue weighted by Gasteiger charge is 2.35. The molecule has 4 heteroatoms. The smallest absolute Gasteiger partial charge is 0.116 e. The van der Waals surface area contributed by atoms with Gasteiger partial charge in [0.25, 0.3) is 0 Å². The fraction of sp³-hybridized carbons (Fsp3) is 0.417. The molecular formula is C12H14N2OS. The lowest BCUT2D eigenvalue weighted by Crippen LogP contribution is -2.36. The minimum Gasteiger partial charge on any atom is -0.379 e. The second-order valence-corrected chi connectivity index (χ2v) is 5.43. The molecular weight excluding hydrogens is 220 g/mol. The Morgan fingerprint density at radius 2 is 2.38 bits per heavy atom. The molecule has 1 aliphatic heterocycles. The molecule has 1 atom stereocenters. The van der Waals surface area contributed by atoms with E-state index in [1.165, 1.54) is 10.3 Å². The molecule has 16 heavy (non-hydrogen) atoms. The van der Waals surface area contributed by atoms with E-state index < -0.39 is 0 Å². The first-order chi connectivity index (χ1) is 7.69. The van der Waals surface area contributed by atoms with Gasteiger partial charge in [0.15, 0.2) is 0 Å². The summed E-state index contributed by atoms with van der Waals surface area (Å²) < 4.78 is 6.60. The molecule has 1 aromatic heterocycles. The van der Waals surface area contributed by atoms with Crippen LogP contribution >= 0.6 is 11.3 Å². The number of aryl methyl sites for hydroxylation is 1. The second-order valence-electron chi connectivity index (χ2n) is 4.40. The van der Waals surface area contributed by atoms with Crippen LogP contribution in [0.3, 0.4) is 0 Å². The zero-order valence-corrected chi connectivity index (χ0v) is 10.0. The molecule has 2 heterocycles. The van der Waals surface area contributed by atoms with E-state index in [1.54, 1.807) is 11.3 Å². The molecule has 1 aromatic carbocycles. The molecule has 1 saturated heterocycles. The molecule has 0 radical (unpaired) electrons. The van der Waals surface area contributed by atoms with Crippen molar-refractivity contribution in [3.05, 3.63) is 28.8 Å². The molecule has 1 aliphatic rings. The minimum absolute atomic E-state index is 0.365. The number of nitrogens with two attached hydrogens (primary N) is 1. The van der Waals surface area contributed by atoms with Gasteiger partial charge in [-0.25, -0.2) is 4.98 Å². The Labute approximate surface area is 98.2 Å². The van der Waals surface area contributed by atoms with Gasteiger partial charge >= 0.3 is 0 Å². The molecule has 0 bridgehead atoms. The summed E-state index contributed by atoms with van der Waals surface area (Å²) >= 11 is 1.69. The molecule has 0 aliphatic carbocycles. The van der Waals surface area contributed by atoms with Crippen molar-refractivity contribution in [1.29, 1.82) is 0 Å². The van der Waals surface area contributed by atoms with Gasteiger partial charge in [0.05, 0.1) is 22.4 Å². The number of fused-ring (bicyclic) bond motifs is 1. The normalized spacial score (nSPS) is 25.4. The highest BCUT2D eigenvalue weighted by Crippen LogP contribution is 2.34. The van der Waals surface area contributed by atoms with Gasteiger partial charge in [-0.3, -0.25) is 0 Å². The van der Waals surface area contributed by atoms with E-state index in [2.05, 4.69) is 30.1 Å². The quantitative estimate of drug-likeness (QED) is 0.822. The van der Waals surface area contributed by atoms with E-state index in [4.69, 9.17) is 10.5 Å². The molecule has 1 unspecified atom stereocenters. The van der Waals surface area contributed by atoms with Crippen LogP contribution in [0.1, 0.15) is 17.0 Å². The number of nitrogens with zero attached hydrogens (tertiary/aromatic N) is 1. The first kappa shape index (κ1) is 10.2. The van der Waals surface area contributed by atoms with E-state index in [0.717, 1.165) is 23.6 Å². The predicted octanol–water partition coefficient (Wildman–Crippen LogP) is 2.18. The number of hydrogen-bond donors (Lipinski definition) is 1. The topological polar surface area (TPSA) is 48.1 Å².